The Morgan fingerprint density at radius 3 is 2.40 bits per heavy atom. The minimum Gasteiger partial charge on any atom is -0.506 e. The van der Waals surface area contributed by atoms with E-state index in [4.69, 9.17) is 5.11 Å². The molecular formula is C13H18N2O5. The number of urea groups is 1. The van der Waals surface area contributed by atoms with Crippen molar-refractivity contribution >= 4 is 17.7 Å². The minimum atomic E-state index is -1.17. The van der Waals surface area contributed by atoms with Gasteiger partial charge in [0.2, 0.25) is 0 Å². The molecule has 0 saturated carbocycles. The summed E-state index contributed by atoms with van der Waals surface area (Å²) in [5, 5.41) is 30.5. The normalized spacial score (nSPS) is 11.0. The number of rotatable bonds is 4. The van der Waals surface area contributed by atoms with Crippen molar-refractivity contribution in [2.24, 2.45) is 0 Å². The van der Waals surface area contributed by atoms with E-state index in [0.717, 1.165) is 6.07 Å². The van der Waals surface area contributed by atoms with Gasteiger partial charge in [-0.25, -0.2) is 9.59 Å². The summed E-state index contributed by atoms with van der Waals surface area (Å²) in [6.45, 7) is 3.23. The van der Waals surface area contributed by atoms with Crippen molar-refractivity contribution in [2.75, 3.05) is 18.9 Å². The second-order valence-corrected chi connectivity index (χ2v) is 5.14. The van der Waals surface area contributed by atoms with Gasteiger partial charge < -0.3 is 25.5 Å². The average molecular weight is 282 g/mol. The Morgan fingerprint density at radius 1 is 1.35 bits per heavy atom. The number of carboxylic acid groups (broad SMARTS) is 1. The van der Waals surface area contributed by atoms with Crippen molar-refractivity contribution in [1.82, 2.24) is 4.90 Å². The van der Waals surface area contributed by atoms with Gasteiger partial charge in [0.25, 0.3) is 0 Å². The molecule has 2 amide bonds. The van der Waals surface area contributed by atoms with Crippen LogP contribution in [0.15, 0.2) is 18.2 Å². The van der Waals surface area contributed by atoms with Crippen molar-refractivity contribution in [3.63, 3.8) is 0 Å². The largest absolute Gasteiger partial charge is 0.506 e. The molecule has 0 aliphatic heterocycles. The second-order valence-electron chi connectivity index (χ2n) is 5.14. The molecule has 0 radical (unpaired) electrons. The molecule has 1 aromatic carbocycles. The quantitative estimate of drug-likeness (QED) is 0.623. The minimum absolute atomic E-state index is 0.0784. The van der Waals surface area contributed by atoms with Gasteiger partial charge in [-0.2, -0.15) is 0 Å². The Bertz CT molecular complexity index is 522. The summed E-state index contributed by atoms with van der Waals surface area (Å²) in [5.41, 5.74) is -1.02. The van der Waals surface area contributed by atoms with Crippen LogP contribution < -0.4 is 5.32 Å². The van der Waals surface area contributed by atoms with E-state index < -0.39 is 17.6 Å². The summed E-state index contributed by atoms with van der Waals surface area (Å²) >= 11 is 0. The Morgan fingerprint density at radius 2 is 1.95 bits per heavy atom. The molecule has 4 N–H and O–H groups in total. The zero-order chi connectivity index (χ0) is 15.5. The number of anilines is 1. The first-order chi connectivity index (χ1) is 9.10. The van der Waals surface area contributed by atoms with E-state index in [9.17, 15) is 19.8 Å². The van der Waals surface area contributed by atoms with Gasteiger partial charge in [0.1, 0.15) is 5.75 Å². The predicted octanol–water partition coefficient (Wildman–Crippen LogP) is 1.33. The monoisotopic (exact) mass is 282 g/mol. The smallest absolute Gasteiger partial charge is 0.335 e. The van der Waals surface area contributed by atoms with Gasteiger partial charge in [-0.05, 0) is 32.0 Å². The van der Waals surface area contributed by atoms with Gasteiger partial charge in [-0.3, -0.25) is 0 Å². The molecular weight excluding hydrogens is 264 g/mol. The van der Waals surface area contributed by atoms with Crippen molar-refractivity contribution in [1.29, 1.82) is 0 Å². The zero-order valence-electron chi connectivity index (χ0n) is 11.5. The maximum absolute atomic E-state index is 11.8. The lowest BCUT2D eigenvalue weighted by Gasteiger charge is -2.25. The molecule has 1 aromatic rings. The van der Waals surface area contributed by atoms with Crippen LogP contribution in [0.5, 0.6) is 5.75 Å². The van der Waals surface area contributed by atoms with E-state index in [0.29, 0.717) is 0 Å². The fourth-order valence-electron chi connectivity index (χ4n) is 1.63. The lowest BCUT2D eigenvalue weighted by molar-refractivity contribution is 0.0550. The van der Waals surface area contributed by atoms with Crippen LogP contribution in [0.25, 0.3) is 0 Å². The first-order valence-corrected chi connectivity index (χ1v) is 5.91. The van der Waals surface area contributed by atoms with Crippen LogP contribution in [0.4, 0.5) is 10.5 Å². The Labute approximate surface area is 116 Å². The summed E-state index contributed by atoms with van der Waals surface area (Å²) in [5.74, 6) is -1.51. The molecule has 0 bridgehead atoms. The van der Waals surface area contributed by atoms with Crippen LogP contribution in [0.2, 0.25) is 0 Å². The molecule has 0 aliphatic rings. The molecule has 0 spiro atoms. The van der Waals surface area contributed by atoms with Gasteiger partial charge in [0, 0.05) is 7.05 Å². The number of carbonyl (C=O) groups excluding carboxylic acids is 1. The molecule has 0 aliphatic carbocycles. The number of aliphatic hydroxyl groups is 1. The molecule has 7 heteroatoms. The van der Waals surface area contributed by atoms with E-state index in [1.807, 2.05) is 0 Å². The molecule has 1 rings (SSSR count). The van der Waals surface area contributed by atoms with Gasteiger partial charge in [0.15, 0.2) is 0 Å². The van der Waals surface area contributed by atoms with Crippen molar-refractivity contribution < 1.29 is 24.9 Å². The van der Waals surface area contributed by atoms with Gasteiger partial charge in [-0.1, -0.05) is 0 Å². The summed E-state index contributed by atoms with van der Waals surface area (Å²) < 4.78 is 0. The summed E-state index contributed by atoms with van der Waals surface area (Å²) in [6.07, 6.45) is 0. The number of nitrogens with one attached hydrogen (secondary N) is 1. The van der Waals surface area contributed by atoms with Gasteiger partial charge in [-0.15, -0.1) is 0 Å². The summed E-state index contributed by atoms with van der Waals surface area (Å²) in [4.78, 5) is 23.8. The Hall–Kier alpha value is -2.28. The number of nitrogens with zero attached hydrogens (tertiary/aromatic N) is 1. The molecule has 0 saturated heterocycles. The molecule has 0 unspecified atom stereocenters. The fourth-order valence-corrected chi connectivity index (χ4v) is 1.63. The summed E-state index contributed by atoms with van der Waals surface area (Å²) in [6, 6.07) is 3.10. The van der Waals surface area contributed by atoms with Crippen LogP contribution in [-0.4, -0.2) is 51.4 Å². The Balaban J connectivity index is 2.78. The van der Waals surface area contributed by atoms with E-state index in [2.05, 4.69) is 5.32 Å². The number of aromatic hydroxyl groups is 1. The number of phenolic OH excluding ortho intramolecular Hbond substituents is 1. The fraction of sp³-hybridized carbons (Fsp3) is 0.385. The lowest BCUT2D eigenvalue weighted by atomic mass is 10.1. The Kier molecular flexibility index (Phi) is 4.57. The van der Waals surface area contributed by atoms with E-state index in [-0.39, 0.29) is 23.5 Å². The van der Waals surface area contributed by atoms with Gasteiger partial charge in [0.05, 0.1) is 23.4 Å². The third-order valence-corrected chi connectivity index (χ3v) is 2.46. The molecule has 0 atom stereocenters. The first-order valence-electron chi connectivity index (χ1n) is 5.91. The molecule has 110 valence electrons. The zero-order valence-corrected chi connectivity index (χ0v) is 11.5. The van der Waals surface area contributed by atoms with Gasteiger partial charge >= 0.3 is 12.0 Å². The third-order valence-electron chi connectivity index (χ3n) is 2.46. The van der Waals surface area contributed by atoms with Crippen molar-refractivity contribution in [3.05, 3.63) is 23.8 Å². The van der Waals surface area contributed by atoms with Crippen LogP contribution >= 0.6 is 0 Å². The van der Waals surface area contributed by atoms with E-state index in [1.165, 1.54) is 24.1 Å². The maximum atomic E-state index is 11.8. The number of phenols is 1. The molecule has 7 nitrogen and oxygen atoms in total. The highest BCUT2D eigenvalue weighted by molar-refractivity contribution is 5.93. The number of benzene rings is 1. The number of aromatic carboxylic acids is 1. The lowest BCUT2D eigenvalue weighted by Crippen LogP contribution is -2.41. The number of hydrogen-bond acceptors (Lipinski definition) is 4. The third kappa shape index (κ3) is 4.43. The topological polar surface area (TPSA) is 110 Å². The SMILES string of the molecule is CN(CC(C)(C)O)C(=O)Nc1ccc(C(=O)O)cc1O. The van der Waals surface area contributed by atoms with Crippen LogP contribution in [-0.2, 0) is 0 Å². The standard InChI is InChI=1S/C13H18N2O5/c1-13(2,20)7-15(3)12(19)14-9-5-4-8(11(17)18)6-10(9)16/h4-6,16,20H,7H2,1-3H3,(H,14,19)(H,17,18). The van der Waals surface area contributed by atoms with Crippen molar-refractivity contribution in [3.8, 4) is 5.75 Å². The maximum Gasteiger partial charge on any atom is 0.335 e. The highest BCUT2D eigenvalue weighted by Gasteiger charge is 2.20. The number of carboxylic acids is 1. The number of hydrogen-bond donors (Lipinski definition) is 4. The molecule has 0 aromatic heterocycles. The van der Waals surface area contributed by atoms with E-state index in [1.54, 1.807) is 13.8 Å². The number of amides is 2. The highest BCUT2D eigenvalue weighted by atomic mass is 16.4. The van der Waals surface area contributed by atoms with Crippen LogP contribution in [0, 0.1) is 0 Å². The predicted molar refractivity (Wildman–Crippen MR) is 73.0 cm³/mol. The van der Waals surface area contributed by atoms with Crippen LogP contribution in [0.1, 0.15) is 24.2 Å². The molecule has 0 fully saturated rings. The average Bonchev–Trinajstić information content (AvgIpc) is 2.29. The molecule has 0 heterocycles. The van der Waals surface area contributed by atoms with Crippen LogP contribution in [0.3, 0.4) is 0 Å². The van der Waals surface area contributed by atoms with Crippen molar-refractivity contribution in [2.45, 2.75) is 19.4 Å². The highest BCUT2D eigenvalue weighted by Crippen LogP contribution is 2.24. The second kappa shape index (κ2) is 5.79. The first kappa shape index (κ1) is 15.8. The number of likely N-dealkylation sites (N-methyl/N-ethyl adjacent to an activating group) is 1. The van der Waals surface area contributed by atoms with E-state index >= 15 is 0 Å². The summed E-state index contributed by atoms with van der Waals surface area (Å²) in [7, 11) is 1.50. The molecule has 20 heavy (non-hydrogen) atoms. The number of carbonyl (C=O) groups is 2.